The number of hydrogen-bond acceptors (Lipinski definition) is 6. The summed E-state index contributed by atoms with van der Waals surface area (Å²) < 4.78 is 10.8. The normalized spacial score (nSPS) is 24.6. The molecular weight excluding hydrogens is 320 g/mol. The minimum absolute atomic E-state index is 0.0351. The molecular formula is C18H18N4O3. The van der Waals surface area contributed by atoms with E-state index >= 15 is 0 Å². The average molecular weight is 338 g/mol. The van der Waals surface area contributed by atoms with Crippen LogP contribution in [0.2, 0.25) is 0 Å². The molecule has 5 rings (SSSR count). The number of ether oxygens (including phenoxy) is 2. The first kappa shape index (κ1) is 14.5. The minimum Gasteiger partial charge on any atom is -0.454 e. The zero-order valence-electron chi connectivity index (χ0n) is 13.7. The number of anilines is 2. The number of fused-ring (bicyclic) bond motifs is 1. The zero-order valence-corrected chi connectivity index (χ0v) is 13.7. The molecule has 7 heteroatoms. The Hall–Kier alpha value is -2.83. The van der Waals surface area contributed by atoms with Gasteiger partial charge in [0.05, 0.1) is 0 Å². The van der Waals surface area contributed by atoms with Crippen molar-refractivity contribution in [3.05, 3.63) is 36.7 Å². The van der Waals surface area contributed by atoms with Crippen LogP contribution in [0.1, 0.15) is 12.8 Å². The Balaban J connectivity index is 1.37. The maximum absolute atomic E-state index is 12.7. The Labute approximate surface area is 145 Å². The molecule has 1 amide bonds. The number of hydrogen-bond donors (Lipinski definition) is 0. The van der Waals surface area contributed by atoms with Crippen molar-refractivity contribution >= 4 is 17.5 Å². The SMILES string of the molecule is O=C1CC2(CCN(c3ncccn3)C2)CN1c1ccc2c(c1)OCO2. The number of carbonyl (C=O) groups is 1. The van der Waals surface area contributed by atoms with Crippen LogP contribution in [0.3, 0.4) is 0 Å². The number of amides is 1. The Kier molecular flexibility index (Phi) is 3.10. The second-order valence-electron chi connectivity index (χ2n) is 6.91. The highest BCUT2D eigenvalue weighted by atomic mass is 16.7. The Morgan fingerprint density at radius 1 is 1.08 bits per heavy atom. The fourth-order valence-corrected chi connectivity index (χ4v) is 4.02. The fraction of sp³-hybridized carbons (Fsp3) is 0.389. The number of benzene rings is 1. The highest BCUT2D eigenvalue weighted by molar-refractivity contribution is 5.97. The molecule has 2 fully saturated rings. The standard InChI is InChI=1S/C18H18N4O3/c23-16-9-18(4-7-21(10-18)17-19-5-1-6-20-17)11-22(16)13-2-3-14-15(8-13)25-12-24-14/h1-3,5-6,8H,4,7,9-12H2. The zero-order chi connectivity index (χ0) is 16.9. The van der Waals surface area contributed by atoms with Crippen LogP contribution in [-0.2, 0) is 4.79 Å². The molecule has 1 aromatic heterocycles. The molecule has 3 aliphatic rings. The Bertz CT molecular complexity index is 828. The molecule has 7 nitrogen and oxygen atoms in total. The van der Waals surface area contributed by atoms with Gasteiger partial charge in [0.2, 0.25) is 18.6 Å². The van der Waals surface area contributed by atoms with Gasteiger partial charge in [-0.15, -0.1) is 0 Å². The van der Waals surface area contributed by atoms with Crippen molar-refractivity contribution in [1.82, 2.24) is 9.97 Å². The van der Waals surface area contributed by atoms with Gasteiger partial charge in [0, 0.05) is 55.6 Å². The third-order valence-corrected chi connectivity index (χ3v) is 5.26. The second-order valence-corrected chi connectivity index (χ2v) is 6.91. The monoisotopic (exact) mass is 338 g/mol. The van der Waals surface area contributed by atoms with Crippen molar-refractivity contribution in [2.24, 2.45) is 5.41 Å². The fourth-order valence-electron chi connectivity index (χ4n) is 4.02. The topological polar surface area (TPSA) is 67.8 Å². The lowest BCUT2D eigenvalue weighted by molar-refractivity contribution is -0.117. The molecule has 2 saturated heterocycles. The van der Waals surface area contributed by atoms with Gasteiger partial charge in [-0.05, 0) is 24.6 Å². The van der Waals surface area contributed by atoms with Crippen LogP contribution in [-0.4, -0.2) is 42.3 Å². The molecule has 128 valence electrons. The van der Waals surface area contributed by atoms with Crippen LogP contribution >= 0.6 is 0 Å². The lowest BCUT2D eigenvalue weighted by Crippen LogP contribution is -2.31. The summed E-state index contributed by atoms with van der Waals surface area (Å²) in [6, 6.07) is 7.51. The maximum atomic E-state index is 12.7. The summed E-state index contributed by atoms with van der Waals surface area (Å²) in [6.07, 6.45) is 5.04. The highest BCUT2D eigenvalue weighted by Crippen LogP contribution is 2.44. The molecule has 1 spiro atoms. The third kappa shape index (κ3) is 2.38. The van der Waals surface area contributed by atoms with Gasteiger partial charge in [-0.3, -0.25) is 4.79 Å². The van der Waals surface area contributed by atoms with Gasteiger partial charge in [0.1, 0.15) is 0 Å². The molecule has 3 aliphatic heterocycles. The van der Waals surface area contributed by atoms with Crippen molar-refractivity contribution in [3.63, 3.8) is 0 Å². The summed E-state index contributed by atoms with van der Waals surface area (Å²) in [5, 5.41) is 0. The number of carbonyl (C=O) groups excluding carboxylic acids is 1. The molecule has 0 radical (unpaired) electrons. The van der Waals surface area contributed by atoms with E-state index in [9.17, 15) is 4.79 Å². The first-order chi connectivity index (χ1) is 12.2. The van der Waals surface area contributed by atoms with Crippen LogP contribution < -0.4 is 19.3 Å². The van der Waals surface area contributed by atoms with Crippen LogP contribution in [0.4, 0.5) is 11.6 Å². The number of rotatable bonds is 2. The van der Waals surface area contributed by atoms with E-state index < -0.39 is 0 Å². The van der Waals surface area contributed by atoms with Gasteiger partial charge in [-0.2, -0.15) is 0 Å². The third-order valence-electron chi connectivity index (χ3n) is 5.26. The number of aromatic nitrogens is 2. The van der Waals surface area contributed by atoms with Crippen molar-refractivity contribution in [2.75, 3.05) is 36.2 Å². The van der Waals surface area contributed by atoms with E-state index in [0.29, 0.717) is 12.2 Å². The van der Waals surface area contributed by atoms with Crippen molar-refractivity contribution in [3.8, 4) is 11.5 Å². The maximum Gasteiger partial charge on any atom is 0.231 e. The van der Waals surface area contributed by atoms with Crippen molar-refractivity contribution in [2.45, 2.75) is 12.8 Å². The van der Waals surface area contributed by atoms with Gasteiger partial charge in [-0.1, -0.05) is 0 Å². The molecule has 1 aromatic carbocycles. The molecule has 25 heavy (non-hydrogen) atoms. The van der Waals surface area contributed by atoms with Gasteiger partial charge in [0.15, 0.2) is 11.5 Å². The second kappa shape index (κ2) is 5.34. The highest BCUT2D eigenvalue weighted by Gasteiger charge is 2.48. The average Bonchev–Trinajstić information content (AvgIpc) is 3.34. The molecule has 0 N–H and O–H groups in total. The summed E-state index contributed by atoms with van der Waals surface area (Å²) in [5.41, 5.74) is 0.840. The van der Waals surface area contributed by atoms with Gasteiger partial charge >= 0.3 is 0 Å². The quantitative estimate of drug-likeness (QED) is 0.832. The molecule has 2 aromatic rings. The Morgan fingerprint density at radius 3 is 2.80 bits per heavy atom. The van der Waals surface area contributed by atoms with Gasteiger partial charge < -0.3 is 19.3 Å². The van der Waals surface area contributed by atoms with E-state index in [0.717, 1.165) is 43.4 Å². The summed E-state index contributed by atoms with van der Waals surface area (Å²) in [6.45, 7) is 2.65. The number of nitrogens with zero attached hydrogens (tertiary/aromatic N) is 4. The van der Waals surface area contributed by atoms with Gasteiger partial charge in [0.25, 0.3) is 0 Å². The summed E-state index contributed by atoms with van der Waals surface area (Å²) in [7, 11) is 0. The largest absolute Gasteiger partial charge is 0.454 e. The predicted molar refractivity (Wildman–Crippen MR) is 90.8 cm³/mol. The lowest BCUT2D eigenvalue weighted by atomic mass is 9.86. The van der Waals surface area contributed by atoms with E-state index in [1.807, 2.05) is 29.2 Å². The minimum atomic E-state index is -0.0351. The van der Waals surface area contributed by atoms with E-state index in [1.54, 1.807) is 12.4 Å². The summed E-state index contributed by atoms with van der Waals surface area (Å²) >= 11 is 0. The van der Waals surface area contributed by atoms with E-state index in [2.05, 4.69) is 14.9 Å². The first-order valence-electron chi connectivity index (χ1n) is 8.45. The van der Waals surface area contributed by atoms with Crippen LogP contribution in [0.15, 0.2) is 36.7 Å². The van der Waals surface area contributed by atoms with Gasteiger partial charge in [-0.25, -0.2) is 9.97 Å². The van der Waals surface area contributed by atoms with Crippen LogP contribution in [0.25, 0.3) is 0 Å². The van der Waals surface area contributed by atoms with Crippen molar-refractivity contribution in [1.29, 1.82) is 0 Å². The van der Waals surface area contributed by atoms with E-state index in [-0.39, 0.29) is 18.1 Å². The first-order valence-corrected chi connectivity index (χ1v) is 8.45. The Morgan fingerprint density at radius 2 is 1.92 bits per heavy atom. The predicted octanol–water partition coefficient (Wildman–Crippen LogP) is 1.84. The summed E-state index contributed by atoms with van der Waals surface area (Å²) in [5.74, 6) is 2.35. The van der Waals surface area contributed by atoms with Crippen LogP contribution in [0, 0.1) is 5.41 Å². The van der Waals surface area contributed by atoms with E-state index in [1.165, 1.54) is 0 Å². The van der Waals surface area contributed by atoms with Crippen LogP contribution in [0.5, 0.6) is 11.5 Å². The molecule has 1 unspecified atom stereocenters. The smallest absolute Gasteiger partial charge is 0.231 e. The molecule has 0 aliphatic carbocycles. The van der Waals surface area contributed by atoms with E-state index in [4.69, 9.17) is 9.47 Å². The molecule has 0 saturated carbocycles. The summed E-state index contributed by atoms with van der Waals surface area (Å²) in [4.78, 5) is 25.4. The van der Waals surface area contributed by atoms with Crippen molar-refractivity contribution < 1.29 is 14.3 Å². The molecule has 4 heterocycles. The molecule has 1 atom stereocenters. The molecule has 0 bridgehead atoms. The lowest BCUT2D eigenvalue weighted by Gasteiger charge is -2.24.